The van der Waals surface area contributed by atoms with Crippen molar-refractivity contribution in [1.82, 2.24) is 10.2 Å². The Kier molecular flexibility index (Phi) is 3.51. The topological polar surface area (TPSA) is 78.3 Å². The molecule has 0 bridgehead atoms. The van der Waals surface area contributed by atoms with E-state index in [0.717, 1.165) is 16.5 Å². The fourth-order valence-corrected chi connectivity index (χ4v) is 1.65. The van der Waals surface area contributed by atoms with Gasteiger partial charge in [-0.25, -0.2) is 0 Å². The molecule has 2 aromatic rings. The SMILES string of the molecule is Cc1nnc(NCC(O)CO)c2ccccc12. The molecule has 0 saturated heterocycles. The molecule has 1 aromatic carbocycles. The molecule has 0 aliphatic carbocycles. The Morgan fingerprint density at radius 3 is 2.65 bits per heavy atom. The maximum atomic E-state index is 9.29. The zero-order valence-corrected chi connectivity index (χ0v) is 9.59. The molecule has 90 valence electrons. The summed E-state index contributed by atoms with van der Waals surface area (Å²) in [6.45, 7) is 1.88. The minimum Gasteiger partial charge on any atom is -0.394 e. The third-order valence-electron chi connectivity index (χ3n) is 2.59. The van der Waals surface area contributed by atoms with Crippen molar-refractivity contribution in [2.24, 2.45) is 0 Å². The van der Waals surface area contributed by atoms with E-state index < -0.39 is 6.10 Å². The van der Waals surface area contributed by atoms with Crippen LogP contribution >= 0.6 is 0 Å². The summed E-state index contributed by atoms with van der Waals surface area (Å²) < 4.78 is 0. The van der Waals surface area contributed by atoms with Crippen molar-refractivity contribution < 1.29 is 10.2 Å². The van der Waals surface area contributed by atoms with Gasteiger partial charge in [-0.1, -0.05) is 24.3 Å². The van der Waals surface area contributed by atoms with Gasteiger partial charge in [-0.2, -0.15) is 5.10 Å². The first-order valence-corrected chi connectivity index (χ1v) is 5.47. The van der Waals surface area contributed by atoms with Crippen LogP contribution in [-0.2, 0) is 0 Å². The lowest BCUT2D eigenvalue weighted by Crippen LogP contribution is -2.23. The van der Waals surface area contributed by atoms with Crippen LogP contribution in [0.3, 0.4) is 0 Å². The quantitative estimate of drug-likeness (QED) is 0.724. The summed E-state index contributed by atoms with van der Waals surface area (Å²) in [6.07, 6.45) is -0.795. The highest BCUT2D eigenvalue weighted by atomic mass is 16.3. The van der Waals surface area contributed by atoms with Crippen LogP contribution in [0.2, 0.25) is 0 Å². The Balaban J connectivity index is 2.32. The molecule has 3 N–H and O–H groups in total. The van der Waals surface area contributed by atoms with E-state index in [-0.39, 0.29) is 13.2 Å². The number of nitrogens with zero attached hydrogens (tertiary/aromatic N) is 2. The first-order chi connectivity index (χ1) is 8.22. The van der Waals surface area contributed by atoms with Crippen molar-refractivity contribution in [3.63, 3.8) is 0 Å². The van der Waals surface area contributed by atoms with E-state index in [9.17, 15) is 5.11 Å². The van der Waals surface area contributed by atoms with Crippen LogP contribution in [0.25, 0.3) is 10.8 Å². The molecule has 0 saturated carbocycles. The smallest absolute Gasteiger partial charge is 0.156 e. The number of aryl methyl sites for hydroxylation is 1. The molecule has 5 nitrogen and oxygen atoms in total. The van der Waals surface area contributed by atoms with Gasteiger partial charge in [0.15, 0.2) is 5.82 Å². The summed E-state index contributed by atoms with van der Waals surface area (Å²) in [5, 5.41) is 31.1. The summed E-state index contributed by atoms with van der Waals surface area (Å²) in [5.74, 6) is 0.624. The third kappa shape index (κ3) is 2.51. The molecule has 5 heteroatoms. The van der Waals surface area contributed by atoms with E-state index in [2.05, 4.69) is 15.5 Å². The van der Waals surface area contributed by atoms with Crippen molar-refractivity contribution >= 4 is 16.6 Å². The van der Waals surface area contributed by atoms with Gasteiger partial charge in [-0.05, 0) is 6.92 Å². The Bertz CT molecular complexity index is 516. The van der Waals surface area contributed by atoms with Crippen LogP contribution in [0.5, 0.6) is 0 Å². The highest BCUT2D eigenvalue weighted by Gasteiger charge is 2.07. The van der Waals surface area contributed by atoms with Gasteiger partial charge in [0.2, 0.25) is 0 Å². The lowest BCUT2D eigenvalue weighted by atomic mass is 10.1. The van der Waals surface area contributed by atoms with Crippen molar-refractivity contribution in [1.29, 1.82) is 0 Å². The Morgan fingerprint density at radius 2 is 1.94 bits per heavy atom. The Morgan fingerprint density at radius 1 is 1.24 bits per heavy atom. The molecule has 0 amide bonds. The molecule has 1 unspecified atom stereocenters. The first-order valence-electron chi connectivity index (χ1n) is 5.47. The van der Waals surface area contributed by atoms with Crippen molar-refractivity contribution in [2.45, 2.75) is 13.0 Å². The maximum Gasteiger partial charge on any atom is 0.156 e. The van der Waals surface area contributed by atoms with E-state index in [1.54, 1.807) is 0 Å². The molecule has 17 heavy (non-hydrogen) atoms. The molecule has 2 rings (SSSR count). The number of aromatic nitrogens is 2. The van der Waals surface area contributed by atoms with Crippen molar-refractivity contribution in [3.8, 4) is 0 Å². The summed E-state index contributed by atoms with van der Waals surface area (Å²) in [5.41, 5.74) is 0.869. The van der Waals surface area contributed by atoms with Crippen molar-refractivity contribution in [2.75, 3.05) is 18.5 Å². The van der Waals surface area contributed by atoms with Gasteiger partial charge in [-0.15, -0.1) is 5.10 Å². The molecular weight excluding hydrogens is 218 g/mol. The predicted molar refractivity (Wildman–Crippen MR) is 65.9 cm³/mol. The van der Waals surface area contributed by atoms with Gasteiger partial charge in [0, 0.05) is 17.3 Å². The maximum absolute atomic E-state index is 9.29. The van der Waals surface area contributed by atoms with Gasteiger partial charge >= 0.3 is 0 Å². The number of aliphatic hydroxyl groups excluding tert-OH is 2. The highest BCUT2D eigenvalue weighted by molar-refractivity contribution is 5.92. The van der Waals surface area contributed by atoms with Gasteiger partial charge in [-0.3, -0.25) is 0 Å². The monoisotopic (exact) mass is 233 g/mol. The molecule has 0 fully saturated rings. The average molecular weight is 233 g/mol. The molecular formula is C12H15N3O2. The number of nitrogens with one attached hydrogen (secondary N) is 1. The molecule has 1 heterocycles. The predicted octanol–water partition coefficient (Wildman–Crippen LogP) is 0.703. The van der Waals surface area contributed by atoms with Crippen LogP contribution < -0.4 is 5.32 Å². The van der Waals surface area contributed by atoms with E-state index in [0.29, 0.717) is 5.82 Å². The number of benzene rings is 1. The van der Waals surface area contributed by atoms with Gasteiger partial charge in [0.1, 0.15) is 0 Å². The van der Waals surface area contributed by atoms with Crippen molar-refractivity contribution in [3.05, 3.63) is 30.0 Å². The number of fused-ring (bicyclic) bond motifs is 1. The zero-order chi connectivity index (χ0) is 12.3. The Hall–Kier alpha value is -1.72. The highest BCUT2D eigenvalue weighted by Crippen LogP contribution is 2.21. The minimum absolute atomic E-state index is 0.248. The van der Waals surface area contributed by atoms with Gasteiger partial charge in [0.25, 0.3) is 0 Å². The van der Waals surface area contributed by atoms with E-state index >= 15 is 0 Å². The van der Waals surface area contributed by atoms with E-state index in [1.807, 2.05) is 31.2 Å². The fourth-order valence-electron chi connectivity index (χ4n) is 1.65. The number of hydrogen-bond acceptors (Lipinski definition) is 5. The molecule has 1 atom stereocenters. The molecule has 0 radical (unpaired) electrons. The molecule has 0 spiro atoms. The van der Waals surface area contributed by atoms with Crippen LogP contribution in [0.1, 0.15) is 5.69 Å². The van der Waals surface area contributed by atoms with Crippen LogP contribution in [0.4, 0.5) is 5.82 Å². The summed E-state index contributed by atoms with van der Waals surface area (Å²) >= 11 is 0. The minimum atomic E-state index is -0.795. The number of hydrogen-bond donors (Lipinski definition) is 3. The second kappa shape index (κ2) is 5.07. The lowest BCUT2D eigenvalue weighted by Gasteiger charge is -2.11. The average Bonchev–Trinajstić information content (AvgIpc) is 2.38. The molecule has 0 aliphatic rings. The van der Waals surface area contributed by atoms with Crippen LogP contribution in [0.15, 0.2) is 24.3 Å². The van der Waals surface area contributed by atoms with Crippen LogP contribution in [0, 0.1) is 6.92 Å². The second-order valence-electron chi connectivity index (χ2n) is 3.90. The van der Waals surface area contributed by atoms with Gasteiger partial charge < -0.3 is 15.5 Å². The summed E-state index contributed by atoms with van der Waals surface area (Å²) in [4.78, 5) is 0. The van der Waals surface area contributed by atoms with E-state index in [4.69, 9.17) is 5.11 Å². The second-order valence-corrected chi connectivity index (χ2v) is 3.90. The largest absolute Gasteiger partial charge is 0.394 e. The third-order valence-corrected chi connectivity index (χ3v) is 2.59. The molecule has 1 aromatic heterocycles. The van der Waals surface area contributed by atoms with E-state index in [1.165, 1.54) is 0 Å². The zero-order valence-electron chi connectivity index (χ0n) is 9.59. The molecule has 0 aliphatic heterocycles. The lowest BCUT2D eigenvalue weighted by molar-refractivity contribution is 0.105. The first kappa shape index (κ1) is 11.8. The summed E-state index contributed by atoms with van der Waals surface area (Å²) in [7, 11) is 0. The fraction of sp³-hybridized carbons (Fsp3) is 0.333. The summed E-state index contributed by atoms with van der Waals surface area (Å²) in [6, 6.07) is 7.80. The number of aliphatic hydroxyl groups is 2. The standard InChI is InChI=1S/C12H15N3O2/c1-8-10-4-2-3-5-11(10)12(15-14-8)13-6-9(17)7-16/h2-5,9,16-17H,6-7H2,1H3,(H,13,15). The number of rotatable bonds is 4. The van der Waals surface area contributed by atoms with Crippen LogP contribution in [-0.4, -0.2) is 39.7 Å². The Labute approximate surface area is 99.1 Å². The normalized spacial score (nSPS) is 12.6. The number of anilines is 1. The van der Waals surface area contributed by atoms with Gasteiger partial charge in [0.05, 0.1) is 18.4 Å².